The van der Waals surface area contributed by atoms with Crippen LogP contribution in [0, 0.1) is 0 Å². The highest BCUT2D eigenvalue weighted by Gasteiger charge is 2.20. The van der Waals surface area contributed by atoms with E-state index >= 15 is 0 Å². The lowest BCUT2D eigenvalue weighted by Gasteiger charge is -2.15. The van der Waals surface area contributed by atoms with Gasteiger partial charge in [0.05, 0.1) is 0 Å². The molecule has 0 unspecified atom stereocenters. The van der Waals surface area contributed by atoms with Gasteiger partial charge in [0.2, 0.25) is 5.91 Å². The first-order valence-corrected chi connectivity index (χ1v) is 6.04. The maximum atomic E-state index is 11.4. The number of amides is 1. The molecule has 1 amide bonds. The van der Waals surface area contributed by atoms with Gasteiger partial charge >= 0.3 is 5.97 Å². The fourth-order valence-corrected chi connectivity index (χ4v) is 1.56. The number of aliphatic carboxylic acids is 1. The molecule has 1 atom stereocenters. The Morgan fingerprint density at radius 3 is 2.55 bits per heavy atom. The number of carbonyl (C=O) groups is 2. The van der Waals surface area contributed by atoms with Crippen molar-refractivity contribution in [3.05, 3.63) is 23.8 Å². The normalized spacial score (nSPS) is 11.8. The first-order chi connectivity index (χ1) is 9.43. The van der Waals surface area contributed by atoms with E-state index in [-0.39, 0.29) is 24.5 Å². The third-order valence-corrected chi connectivity index (χ3v) is 2.55. The number of ether oxygens (including phenoxy) is 1. The first kappa shape index (κ1) is 15.8. The molecule has 0 saturated heterocycles. The van der Waals surface area contributed by atoms with E-state index in [1.54, 1.807) is 6.92 Å². The van der Waals surface area contributed by atoms with Crippen LogP contribution in [0.2, 0.25) is 0 Å². The first-order valence-electron chi connectivity index (χ1n) is 6.04. The van der Waals surface area contributed by atoms with Crippen LogP contribution in [-0.2, 0) is 20.7 Å². The Morgan fingerprint density at radius 1 is 1.30 bits per heavy atom. The van der Waals surface area contributed by atoms with Crippen molar-refractivity contribution in [1.82, 2.24) is 5.32 Å². The van der Waals surface area contributed by atoms with Crippen molar-refractivity contribution in [2.45, 2.75) is 19.4 Å². The number of hydrogen-bond donors (Lipinski definition) is 4. The molecule has 1 rings (SSSR count). The number of nitrogens with one attached hydrogen (secondary N) is 1. The van der Waals surface area contributed by atoms with Crippen molar-refractivity contribution in [3.63, 3.8) is 0 Å². The minimum atomic E-state index is -1.19. The zero-order chi connectivity index (χ0) is 15.1. The number of rotatable bonds is 7. The summed E-state index contributed by atoms with van der Waals surface area (Å²) in [4.78, 5) is 22.5. The lowest BCUT2D eigenvalue weighted by Crippen LogP contribution is -2.43. The van der Waals surface area contributed by atoms with Gasteiger partial charge in [-0.15, -0.1) is 0 Å². The molecular formula is C13H17NO6. The number of phenolic OH excluding ortho intramolecular Hbond substituents is 2. The predicted molar refractivity (Wildman–Crippen MR) is 69.5 cm³/mol. The highest BCUT2D eigenvalue weighted by molar-refractivity contribution is 5.84. The zero-order valence-electron chi connectivity index (χ0n) is 11.0. The van der Waals surface area contributed by atoms with Crippen LogP contribution in [0.1, 0.15) is 12.5 Å². The van der Waals surface area contributed by atoms with Gasteiger partial charge in [-0.3, -0.25) is 4.79 Å². The quantitative estimate of drug-likeness (QED) is 0.533. The highest BCUT2D eigenvalue weighted by atomic mass is 16.5. The van der Waals surface area contributed by atoms with E-state index in [1.165, 1.54) is 18.2 Å². The third-order valence-electron chi connectivity index (χ3n) is 2.55. The van der Waals surface area contributed by atoms with Crippen molar-refractivity contribution in [1.29, 1.82) is 0 Å². The van der Waals surface area contributed by atoms with Crippen molar-refractivity contribution >= 4 is 11.9 Å². The second-order valence-corrected chi connectivity index (χ2v) is 4.12. The van der Waals surface area contributed by atoms with Crippen molar-refractivity contribution in [2.24, 2.45) is 0 Å². The number of carboxylic acid groups (broad SMARTS) is 1. The Kier molecular flexibility index (Phi) is 5.79. The summed E-state index contributed by atoms with van der Waals surface area (Å²) >= 11 is 0. The lowest BCUT2D eigenvalue weighted by molar-refractivity contribution is -0.142. The zero-order valence-corrected chi connectivity index (χ0v) is 11.0. The Morgan fingerprint density at radius 2 is 2.00 bits per heavy atom. The van der Waals surface area contributed by atoms with E-state index in [9.17, 15) is 19.8 Å². The smallest absolute Gasteiger partial charge is 0.326 e. The van der Waals surface area contributed by atoms with Gasteiger partial charge < -0.3 is 25.4 Å². The van der Waals surface area contributed by atoms with Gasteiger partial charge in [-0.05, 0) is 24.6 Å². The Labute approximate surface area is 115 Å². The minimum absolute atomic E-state index is 0.0129. The Balaban J connectivity index is 2.69. The molecule has 0 spiro atoms. The van der Waals surface area contributed by atoms with E-state index in [1.807, 2.05) is 0 Å². The summed E-state index contributed by atoms with van der Waals surface area (Å²) in [6.07, 6.45) is -0.0129. The summed E-state index contributed by atoms with van der Waals surface area (Å²) in [5.41, 5.74) is 0.476. The molecule has 7 heteroatoms. The maximum Gasteiger partial charge on any atom is 0.326 e. The molecule has 7 nitrogen and oxygen atoms in total. The predicted octanol–water partition coefficient (Wildman–Crippen LogP) is 0.246. The van der Waals surface area contributed by atoms with E-state index in [0.717, 1.165) is 0 Å². The standard InChI is InChI=1S/C13H17NO6/c1-2-20-7-12(17)14-9(13(18)19)5-8-3-4-10(15)11(16)6-8/h3-4,6,9,15-16H,2,5,7H2,1H3,(H,14,17)(H,18,19)/t9-/m0/s1. The van der Waals surface area contributed by atoms with Crippen molar-refractivity contribution < 1.29 is 29.6 Å². The molecule has 0 aliphatic heterocycles. The van der Waals surface area contributed by atoms with Crippen LogP contribution in [0.5, 0.6) is 11.5 Å². The molecule has 0 aliphatic rings. The molecule has 1 aromatic rings. The van der Waals surface area contributed by atoms with Crippen LogP contribution < -0.4 is 5.32 Å². The summed E-state index contributed by atoms with van der Waals surface area (Å²) in [6.45, 7) is 1.87. The summed E-state index contributed by atoms with van der Waals surface area (Å²) in [7, 11) is 0. The van der Waals surface area contributed by atoms with E-state index < -0.39 is 17.9 Å². The van der Waals surface area contributed by atoms with Crippen LogP contribution in [0.25, 0.3) is 0 Å². The minimum Gasteiger partial charge on any atom is -0.504 e. The van der Waals surface area contributed by atoms with Gasteiger partial charge in [0.1, 0.15) is 12.6 Å². The number of hydrogen-bond acceptors (Lipinski definition) is 5. The molecule has 0 aromatic heterocycles. The lowest BCUT2D eigenvalue weighted by atomic mass is 10.1. The van der Waals surface area contributed by atoms with Gasteiger partial charge in [-0.1, -0.05) is 6.07 Å². The molecule has 0 aliphatic carbocycles. The van der Waals surface area contributed by atoms with Crippen molar-refractivity contribution in [3.8, 4) is 11.5 Å². The molecule has 0 radical (unpaired) electrons. The van der Waals surface area contributed by atoms with Gasteiger partial charge in [0, 0.05) is 13.0 Å². The molecule has 0 fully saturated rings. The van der Waals surface area contributed by atoms with Gasteiger partial charge in [-0.2, -0.15) is 0 Å². The van der Waals surface area contributed by atoms with Crippen molar-refractivity contribution in [2.75, 3.05) is 13.2 Å². The van der Waals surface area contributed by atoms with Gasteiger partial charge in [-0.25, -0.2) is 4.79 Å². The van der Waals surface area contributed by atoms with Crippen LogP contribution in [-0.4, -0.2) is 46.5 Å². The maximum absolute atomic E-state index is 11.4. The second-order valence-electron chi connectivity index (χ2n) is 4.12. The average Bonchev–Trinajstić information content (AvgIpc) is 2.39. The van der Waals surface area contributed by atoms with Gasteiger partial charge in [0.25, 0.3) is 0 Å². The molecule has 110 valence electrons. The van der Waals surface area contributed by atoms with E-state index in [2.05, 4.69) is 5.32 Å². The van der Waals surface area contributed by atoms with Gasteiger partial charge in [0.15, 0.2) is 11.5 Å². The number of phenols is 2. The highest BCUT2D eigenvalue weighted by Crippen LogP contribution is 2.25. The molecule has 0 bridgehead atoms. The van der Waals surface area contributed by atoms with Crippen LogP contribution >= 0.6 is 0 Å². The van der Waals surface area contributed by atoms with Crippen LogP contribution in [0.3, 0.4) is 0 Å². The monoisotopic (exact) mass is 283 g/mol. The number of carboxylic acids is 1. The molecule has 0 saturated carbocycles. The summed E-state index contributed by atoms with van der Waals surface area (Å²) in [5.74, 6) is -2.35. The molecule has 4 N–H and O–H groups in total. The Bertz CT molecular complexity index is 488. The fourth-order valence-electron chi connectivity index (χ4n) is 1.56. The third kappa shape index (κ3) is 4.77. The average molecular weight is 283 g/mol. The topological polar surface area (TPSA) is 116 Å². The fraction of sp³-hybridized carbons (Fsp3) is 0.385. The summed E-state index contributed by atoms with van der Waals surface area (Å²) in [5, 5.41) is 29.9. The molecule has 0 heterocycles. The van der Waals surface area contributed by atoms with E-state index in [4.69, 9.17) is 9.84 Å². The number of benzene rings is 1. The number of carbonyl (C=O) groups excluding carboxylic acids is 1. The SMILES string of the molecule is CCOCC(=O)N[C@@H](Cc1ccc(O)c(O)c1)C(=O)O. The molecule has 1 aromatic carbocycles. The summed E-state index contributed by atoms with van der Waals surface area (Å²) in [6, 6.07) is 2.84. The largest absolute Gasteiger partial charge is 0.504 e. The second kappa shape index (κ2) is 7.34. The van der Waals surface area contributed by atoms with E-state index in [0.29, 0.717) is 12.2 Å². The Hall–Kier alpha value is -2.28. The molecular weight excluding hydrogens is 266 g/mol. The molecule has 20 heavy (non-hydrogen) atoms. The summed E-state index contributed by atoms with van der Waals surface area (Å²) < 4.78 is 4.88. The van der Waals surface area contributed by atoms with Crippen LogP contribution in [0.15, 0.2) is 18.2 Å². The number of aromatic hydroxyl groups is 2. The van der Waals surface area contributed by atoms with Crippen LogP contribution in [0.4, 0.5) is 0 Å².